The quantitative estimate of drug-likeness (QED) is 0.710. The third-order valence-electron chi connectivity index (χ3n) is 4.88. The molecule has 0 atom stereocenters. The highest BCUT2D eigenvalue weighted by Crippen LogP contribution is 2.26. The van der Waals surface area contributed by atoms with Crippen LogP contribution in [0.15, 0.2) is 59.5 Å². The van der Waals surface area contributed by atoms with Gasteiger partial charge < -0.3 is 0 Å². The van der Waals surface area contributed by atoms with Gasteiger partial charge in [-0.15, -0.1) is 11.6 Å². The maximum atomic E-state index is 12.8. The van der Waals surface area contributed by atoms with Crippen LogP contribution in [0.1, 0.15) is 24.0 Å². The summed E-state index contributed by atoms with van der Waals surface area (Å²) in [4.78, 5) is 0.382. The van der Waals surface area contributed by atoms with Crippen LogP contribution in [0.25, 0.3) is 0 Å². The van der Waals surface area contributed by atoms with Crippen molar-refractivity contribution >= 4 is 21.6 Å². The van der Waals surface area contributed by atoms with Gasteiger partial charge in [-0.05, 0) is 54.9 Å². The number of piperidine rings is 1. The van der Waals surface area contributed by atoms with Crippen molar-refractivity contribution in [2.75, 3.05) is 19.0 Å². The Kier molecular flexibility index (Phi) is 6.15. The van der Waals surface area contributed by atoms with E-state index in [0.29, 0.717) is 29.8 Å². The first-order valence-electron chi connectivity index (χ1n) is 8.78. The fraction of sp³-hybridized carbons (Fsp3) is 0.400. The Morgan fingerprint density at radius 1 is 0.920 bits per heavy atom. The molecule has 0 radical (unpaired) electrons. The SMILES string of the molecule is O=S(=O)(c1ccc(CCCl)cc1)N1CCC(Cc2ccccc2)CC1. The number of benzene rings is 2. The molecule has 0 N–H and O–H groups in total. The number of aryl methyl sites for hydroxylation is 1. The predicted octanol–water partition coefficient (Wildman–Crippen LogP) is 4.11. The van der Waals surface area contributed by atoms with Crippen LogP contribution >= 0.6 is 11.6 Å². The molecule has 1 saturated heterocycles. The lowest BCUT2D eigenvalue weighted by Crippen LogP contribution is -2.38. The minimum atomic E-state index is -3.39. The van der Waals surface area contributed by atoms with Gasteiger partial charge in [-0.1, -0.05) is 42.5 Å². The van der Waals surface area contributed by atoms with E-state index in [0.717, 1.165) is 31.2 Å². The summed E-state index contributed by atoms with van der Waals surface area (Å²) in [6.07, 6.45) is 3.62. The largest absolute Gasteiger partial charge is 0.243 e. The van der Waals surface area contributed by atoms with E-state index >= 15 is 0 Å². The van der Waals surface area contributed by atoms with Crippen LogP contribution in [0, 0.1) is 5.92 Å². The summed E-state index contributed by atoms with van der Waals surface area (Å²) < 4.78 is 27.3. The fourth-order valence-corrected chi connectivity index (χ4v) is 5.08. The zero-order valence-electron chi connectivity index (χ0n) is 14.3. The fourth-order valence-electron chi connectivity index (χ4n) is 3.39. The lowest BCUT2D eigenvalue weighted by atomic mass is 9.91. The Balaban J connectivity index is 1.61. The Morgan fingerprint density at radius 2 is 1.56 bits per heavy atom. The molecule has 1 aliphatic heterocycles. The minimum Gasteiger partial charge on any atom is -0.207 e. The van der Waals surface area contributed by atoms with Crippen LogP contribution in [-0.4, -0.2) is 31.7 Å². The monoisotopic (exact) mass is 377 g/mol. The van der Waals surface area contributed by atoms with Gasteiger partial charge in [0, 0.05) is 19.0 Å². The molecule has 2 aromatic carbocycles. The highest BCUT2D eigenvalue weighted by Gasteiger charge is 2.29. The first-order chi connectivity index (χ1) is 12.1. The number of sulfonamides is 1. The van der Waals surface area contributed by atoms with Gasteiger partial charge in [-0.2, -0.15) is 4.31 Å². The molecule has 3 rings (SSSR count). The highest BCUT2D eigenvalue weighted by molar-refractivity contribution is 7.89. The molecule has 1 fully saturated rings. The van der Waals surface area contributed by atoms with Gasteiger partial charge in [0.2, 0.25) is 10.0 Å². The first-order valence-corrected chi connectivity index (χ1v) is 10.8. The summed E-state index contributed by atoms with van der Waals surface area (Å²) in [5, 5.41) is 0. The van der Waals surface area contributed by atoms with Gasteiger partial charge in [0.25, 0.3) is 0 Å². The second-order valence-corrected chi connectivity index (χ2v) is 8.94. The van der Waals surface area contributed by atoms with Crippen molar-refractivity contribution in [2.45, 2.75) is 30.6 Å². The molecule has 134 valence electrons. The molecular weight excluding hydrogens is 354 g/mol. The topological polar surface area (TPSA) is 37.4 Å². The van der Waals surface area contributed by atoms with Crippen LogP contribution in [-0.2, 0) is 22.9 Å². The van der Waals surface area contributed by atoms with E-state index in [1.807, 2.05) is 18.2 Å². The molecule has 2 aromatic rings. The molecule has 0 spiro atoms. The van der Waals surface area contributed by atoms with Crippen LogP contribution in [0.2, 0.25) is 0 Å². The molecular formula is C20H24ClNO2S. The molecule has 1 aliphatic rings. The normalized spacial score (nSPS) is 16.8. The molecule has 0 amide bonds. The first kappa shape index (κ1) is 18.4. The van der Waals surface area contributed by atoms with Crippen LogP contribution in [0.5, 0.6) is 0 Å². The zero-order valence-corrected chi connectivity index (χ0v) is 15.8. The van der Waals surface area contributed by atoms with Crippen molar-refractivity contribution < 1.29 is 8.42 Å². The van der Waals surface area contributed by atoms with Crippen molar-refractivity contribution in [3.05, 3.63) is 65.7 Å². The summed E-state index contributed by atoms with van der Waals surface area (Å²) in [7, 11) is -3.39. The summed E-state index contributed by atoms with van der Waals surface area (Å²) in [5.74, 6) is 1.10. The standard InChI is InChI=1S/C20H24ClNO2S/c21-13-10-17-6-8-20(9-7-17)25(23,24)22-14-11-19(12-15-22)16-18-4-2-1-3-5-18/h1-9,19H,10-16H2. The molecule has 0 aliphatic carbocycles. The molecule has 3 nitrogen and oxygen atoms in total. The summed E-state index contributed by atoms with van der Waals surface area (Å²) in [6, 6.07) is 17.6. The highest BCUT2D eigenvalue weighted by atomic mass is 35.5. The summed E-state index contributed by atoms with van der Waals surface area (Å²) in [6.45, 7) is 1.20. The van der Waals surface area contributed by atoms with Gasteiger partial charge in [0.1, 0.15) is 0 Å². The third-order valence-corrected chi connectivity index (χ3v) is 6.99. The molecule has 1 heterocycles. The van der Waals surface area contributed by atoms with E-state index < -0.39 is 10.0 Å². The van der Waals surface area contributed by atoms with E-state index in [-0.39, 0.29) is 0 Å². The maximum Gasteiger partial charge on any atom is 0.243 e. The third kappa shape index (κ3) is 4.63. The molecule has 25 heavy (non-hydrogen) atoms. The van der Waals surface area contributed by atoms with Crippen molar-refractivity contribution in [1.29, 1.82) is 0 Å². The number of nitrogens with zero attached hydrogens (tertiary/aromatic N) is 1. The molecule has 5 heteroatoms. The molecule has 0 unspecified atom stereocenters. The Hall–Kier alpha value is -1.36. The van der Waals surface area contributed by atoms with E-state index in [9.17, 15) is 8.42 Å². The van der Waals surface area contributed by atoms with Gasteiger partial charge >= 0.3 is 0 Å². The number of halogens is 1. The van der Waals surface area contributed by atoms with Gasteiger partial charge in [-0.3, -0.25) is 0 Å². The molecule has 0 bridgehead atoms. The number of rotatable bonds is 6. The van der Waals surface area contributed by atoms with Crippen LogP contribution < -0.4 is 0 Å². The Bertz CT molecular complexity index is 767. The lowest BCUT2D eigenvalue weighted by molar-refractivity contribution is 0.273. The van der Waals surface area contributed by atoms with Gasteiger partial charge in [-0.25, -0.2) is 8.42 Å². The van der Waals surface area contributed by atoms with Gasteiger partial charge in [0.05, 0.1) is 4.90 Å². The average Bonchev–Trinajstić information content (AvgIpc) is 2.64. The number of hydrogen-bond acceptors (Lipinski definition) is 2. The van der Waals surface area contributed by atoms with Crippen molar-refractivity contribution in [2.24, 2.45) is 5.92 Å². The summed E-state index contributed by atoms with van der Waals surface area (Å²) >= 11 is 5.73. The van der Waals surface area contributed by atoms with E-state index in [1.165, 1.54) is 5.56 Å². The second kappa shape index (κ2) is 8.35. The minimum absolute atomic E-state index is 0.382. The number of hydrogen-bond donors (Lipinski definition) is 0. The maximum absolute atomic E-state index is 12.8. The molecule has 0 saturated carbocycles. The van der Waals surface area contributed by atoms with E-state index in [4.69, 9.17) is 11.6 Å². The van der Waals surface area contributed by atoms with E-state index in [1.54, 1.807) is 16.4 Å². The van der Waals surface area contributed by atoms with Gasteiger partial charge in [0.15, 0.2) is 0 Å². The molecule has 0 aromatic heterocycles. The second-order valence-electron chi connectivity index (χ2n) is 6.62. The number of alkyl halides is 1. The van der Waals surface area contributed by atoms with Crippen molar-refractivity contribution in [1.82, 2.24) is 4.31 Å². The van der Waals surface area contributed by atoms with Crippen molar-refractivity contribution in [3.63, 3.8) is 0 Å². The van der Waals surface area contributed by atoms with Crippen molar-refractivity contribution in [3.8, 4) is 0 Å². The lowest BCUT2D eigenvalue weighted by Gasteiger charge is -2.31. The zero-order chi connectivity index (χ0) is 17.7. The van der Waals surface area contributed by atoms with Crippen LogP contribution in [0.3, 0.4) is 0 Å². The predicted molar refractivity (Wildman–Crippen MR) is 102 cm³/mol. The van der Waals surface area contributed by atoms with Crippen LogP contribution in [0.4, 0.5) is 0 Å². The smallest absolute Gasteiger partial charge is 0.207 e. The summed E-state index contributed by atoms with van der Waals surface area (Å²) in [5.41, 5.74) is 2.40. The Labute approximate surface area is 155 Å². The average molecular weight is 378 g/mol. The Morgan fingerprint density at radius 3 is 2.16 bits per heavy atom. The van der Waals surface area contributed by atoms with E-state index in [2.05, 4.69) is 24.3 Å².